The third kappa shape index (κ3) is 4.43. The Kier molecular flexibility index (Phi) is 5.97. The molecular weight excluding hydrogens is 282 g/mol. The highest BCUT2D eigenvalue weighted by atomic mass is 32.2. The molecule has 6 nitrogen and oxygen atoms in total. The molecule has 1 unspecified atom stereocenters. The number of nitrogens with one attached hydrogen (secondary N) is 1. The summed E-state index contributed by atoms with van der Waals surface area (Å²) < 4.78 is 30.6. The van der Waals surface area contributed by atoms with E-state index >= 15 is 0 Å². The number of hydrogen-bond acceptors (Lipinski definition) is 5. The van der Waals surface area contributed by atoms with Gasteiger partial charge in [0.15, 0.2) is 5.25 Å². The zero-order chi connectivity index (χ0) is 15.4. The van der Waals surface area contributed by atoms with E-state index in [1.54, 1.807) is 0 Å². The Morgan fingerprint density at radius 2 is 2.00 bits per heavy atom. The number of ether oxygens (including phenoxy) is 1. The molecule has 1 aliphatic carbocycles. The van der Waals surface area contributed by atoms with Crippen LogP contribution in [0.15, 0.2) is 0 Å². The predicted molar refractivity (Wildman–Crippen MR) is 75.6 cm³/mol. The number of esters is 1. The molecule has 0 aromatic carbocycles. The van der Waals surface area contributed by atoms with Crippen LogP contribution < -0.4 is 4.72 Å². The molecule has 0 amide bonds. The minimum Gasteiger partial charge on any atom is -0.468 e. The number of hydrogen-bond donors (Lipinski definition) is 2. The van der Waals surface area contributed by atoms with Crippen LogP contribution in [0.25, 0.3) is 0 Å². The van der Waals surface area contributed by atoms with E-state index in [-0.39, 0.29) is 6.54 Å². The Morgan fingerprint density at radius 1 is 1.45 bits per heavy atom. The molecule has 0 aromatic rings. The largest absolute Gasteiger partial charge is 0.468 e. The molecule has 0 aliphatic heterocycles. The van der Waals surface area contributed by atoms with Crippen molar-refractivity contribution in [3.05, 3.63) is 0 Å². The molecule has 1 fully saturated rings. The average Bonchev–Trinajstić information content (AvgIpc) is 2.44. The van der Waals surface area contributed by atoms with Crippen LogP contribution in [0.5, 0.6) is 0 Å². The molecule has 0 spiro atoms. The van der Waals surface area contributed by atoms with Gasteiger partial charge in [-0.2, -0.15) is 0 Å². The van der Waals surface area contributed by atoms with Gasteiger partial charge in [-0.1, -0.05) is 13.3 Å². The number of carbonyl (C=O) groups is 1. The van der Waals surface area contributed by atoms with Crippen LogP contribution in [0.3, 0.4) is 0 Å². The van der Waals surface area contributed by atoms with Crippen molar-refractivity contribution in [3.8, 4) is 0 Å². The first-order valence-corrected chi connectivity index (χ1v) is 8.57. The van der Waals surface area contributed by atoms with E-state index in [1.165, 1.54) is 6.92 Å². The van der Waals surface area contributed by atoms with Gasteiger partial charge in [-0.15, -0.1) is 0 Å². The minimum atomic E-state index is -3.81. The van der Waals surface area contributed by atoms with Gasteiger partial charge in [-0.05, 0) is 38.5 Å². The Hall–Kier alpha value is -0.660. The summed E-state index contributed by atoms with van der Waals surface area (Å²) in [6, 6.07) is 0. The van der Waals surface area contributed by atoms with Crippen LogP contribution in [0, 0.1) is 5.92 Å². The zero-order valence-electron chi connectivity index (χ0n) is 12.4. The van der Waals surface area contributed by atoms with Crippen LogP contribution in [0.1, 0.15) is 46.0 Å². The van der Waals surface area contributed by atoms with Crippen molar-refractivity contribution in [2.24, 2.45) is 5.92 Å². The van der Waals surface area contributed by atoms with Gasteiger partial charge >= 0.3 is 5.97 Å². The van der Waals surface area contributed by atoms with E-state index in [1.807, 2.05) is 0 Å². The standard InChI is InChI=1S/C13H25NO5S/c1-4-11-5-7-13(16,8-6-11)9-14-20(17,18)10(2)12(15)19-3/h10-11,14,16H,4-9H2,1-3H3. The Bertz CT molecular complexity index is 426. The molecular formula is C13H25NO5S. The first-order valence-electron chi connectivity index (χ1n) is 7.03. The van der Waals surface area contributed by atoms with E-state index < -0.39 is 26.8 Å². The lowest BCUT2D eigenvalue weighted by molar-refractivity contribution is -0.139. The molecule has 20 heavy (non-hydrogen) atoms. The van der Waals surface area contributed by atoms with E-state index in [2.05, 4.69) is 16.4 Å². The monoisotopic (exact) mass is 307 g/mol. The van der Waals surface area contributed by atoms with E-state index in [9.17, 15) is 18.3 Å². The summed E-state index contributed by atoms with van der Waals surface area (Å²) in [6.45, 7) is 3.34. The van der Waals surface area contributed by atoms with Gasteiger partial charge in [-0.3, -0.25) is 4.79 Å². The maximum Gasteiger partial charge on any atom is 0.325 e. The number of rotatable bonds is 6. The SMILES string of the molecule is CCC1CCC(O)(CNS(=O)(=O)C(C)C(=O)OC)CC1. The maximum absolute atomic E-state index is 11.9. The number of aliphatic hydroxyl groups is 1. The predicted octanol–water partition coefficient (Wildman–Crippen LogP) is 0.799. The van der Waals surface area contributed by atoms with Crippen molar-refractivity contribution in [3.63, 3.8) is 0 Å². The molecule has 0 saturated heterocycles. The fourth-order valence-electron chi connectivity index (χ4n) is 2.45. The van der Waals surface area contributed by atoms with Crippen LogP contribution in [-0.2, 0) is 19.6 Å². The van der Waals surface area contributed by atoms with Gasteiger partial charge < -0.3 is 9.84 Å². The van der Waals surface area contributed by atoms with Crippen LogP contribution in [0.2, 0.25) is 0 Å². The van der Waals surface area contributed by atoms with Crippen molar-refractivity contribution in [1.29, 1.82) is 0 Å². The highest BCUT2D eigenvalue weighted by Crippen LogP contribution is 2.33. The van der Waals surface area contributed by atoms with Crippen LogP contribution in [-0.4, -0.2) is 44.0 Å². The highest BCUT2D eigenvalue weighted by Gasteiger charge is 2.36. The smallest absolute Gasteiger partial charge is 0.325 e. The number of methoxy groups -OCH3 is 1. The summed E-state index contributed by atoms with van der Waals surface area (Å²) in [4.78, 5) is 11.3. The van der Waals surface area contributed by atoms with E-state index in [4.69, 9.17) is 0 Å². The summed E-state index contributed by atoms with van der Waals surface area (Å²) in [5, 5.41) is 9.11. The van der Waals surface area contributed by atoms with Crippen molar-refractivity contribution < 1.29 is 23.1 Å². The quantitative estimate of drug-likeness (QED) is 0.708. The second-order valence-corrected chi connectivity index (χ2v) is 7.69. The summed E-state index contributed by atoms with van der Waals surface area (Å²) in [6.07, 6.45) is 4.06. The van der Waals surface area contributed by atoms with Crippen molar-refractivity contribution in [1.82, 2.24) is 4.72 Å². The first-order chi connectivity index (χ1) is 9.24. The lowest BCUT2D eigenvalue weighted by Crippen LogP contribution is -2.48. The molecule has 0 heterocycles. The molecule has 1 aliphatic rings. The van der Waals surface area contributed by atoms with Crippen molar-refractivity contribution in [2.75, 3.05) is 13.7 Å². The number of carbonyl (C=O) groups excluding carboxylic acids is 1. The summed E-state index contributed by atoms with van der Waals surface area (Å²) >= 11 is 0. The maximum atomic E-state index is 11.9. The second kappa shape index (κ2) is 6.87. The lowest BCUT2D eigenvalue weighted by Gasteiger charge is -2.36. The van der Waals surface area contributed by atoms with Gasteiger partial charge in [0.05, 0.1) is 12.7 Å². The summed E-state index contributed by atoms with van der Waals surface area (Å²) in [5.74, 6) is -0.194. The fraction of sp³-hybridized carbons (Fsp3) is 0.923. The van der Waals surface area contributed by atoms with Crippen LogP contribution in [0.4, 0.5) is 0 Å². The summed E-state index contributed by atoms with van der Waals surface area (Å²) in [7, 11) is -2.67. The molecule has 1 rings (SSSR count). The zero-order valence-corrected chi connectivity index (χ0v) is 13.2. The highest BCUT2D eigenvalue weighted by molar-refractivity contribution is 7.90. The number of sulfonamides is 1. The van der Waals surface area contributed by atoms with Crippen LogP contribution >= 0.6 is 0 Å². The first kappa shape index (κ1) is 17.4. The fourth-order valence-corrected chi connectivity index (χ4v) is 3.52. The normalized spacial score (nSPS) is 28.9. The Labute approximate surface area is 120 Å². The van der Waals surface area contributed by atoms with E-state index in [0.29, 0.717) is 18.8 Å². The molecule has 118 valence electrons. The Balaban J connectivity index is 2.56. The second-order valence-electron chi connectivity index (χ2n) is 5.61. The van der Waals surface area contributed by atoms with E-state index in [0.717, 1.165) is 26.4 Å². The molecule has 1 atom stereocenters. The third-order valence-corrected chi connectivity index (χ3v) is 5.88. The minimum absolute atomic E-state index is 0.0485. The van der Waals surface area contributed by atoms with Gasteiger partial charge in [0.2, 0.25) is 10.0 Å². The summed E-state index contributed by atoms with van der Waals surface area (Å²) in [5.41, 5.74) is -1.01. The molecule has 0 radical (unpaired) electrons. The van der Waals surface area contributed by atoms with Gasteiger partial charge in [0.1, 0.15) is 0 Å². The third-order valence-electron chi connectivity index (χ3n) is 4.21. The van der Waals surface area contributed by atoms with Crippen molar-refractivity contribution >= 4 is 16.0 Å². The molecule has 0 aromatic heterocycles. The average molecular weight is 307 g/mol. The molecule has 7 heteroatoms. The van der Waals surface area contributed by atoms with Gasteiger partial charge in [0, 0.05) is 6.54 Å². The van der Waals surface area contributed by atoms with Gasteiger partial charge in [0.25, 0.3) is 0 Å². The molecule has 2 N–H and O–H groups in total. The Morgan fingerprint density at radius 3 is 2.45 bits per heavy atom. The lowest BCUT2D eigenvalue weighted by atomic mass is 9.78. The topological polar surface area (TPSA) is 92.7 Å². The molecule has 1 saturated carbocycles. The van der Waals surface area contributed by atoms with Crippen molar-refractivity contribution in [2.45, 2.75) is 56.8 Å². The van der Waals surface area contributed by atoms with Gasteiger partial charge in [-0.25, -0.2) is 13.1 Å². The molecule has 0 bridgehead atoms.